The van der Waals surface area contributed by atoms with E-state index < -0.39 is 6.04 Å². The number of carbonyl (C=O) groups excluding carboxylic acids is 2. The van der Waals surface area contributed by atoms with Gasteiger partial charge in [-0.3, -0.25) is 9.59 Å². The molecule has 2 aromatic carbocycles. The fourth-order valence-corrected chi connectivity index (χ4v) is 3.54. The second-order valence-electron chi connectivity index (χ2n) is 7.87. The number of hydrogen-bond acceptors (Lipinski definition) is 4. The van der Waals surface area contributed by atoms with E-state index in [1.807, 2.05) is 39.0 Å². The molecular weight excluding hydrogens is 392 g/mol. The van der Waals surface area contributed by atoms with Crippen LogP contribution in [0.3, 0.4) is 0 Å². The smallest absolute Gasteiger partial charge is 0.251 e. The normalized spacial score (nSPS) is 12.0. The molecular formula is C24H30N4O3. The van der Waals surface area contributed by atoms with Crippen molar-refractivity contribution < 1.29 is 14.3 Å². The Labute approximate surface area is 182 Å². The predicted molar refractivity (Wildman–Crippen MR) is 121 cm³/mol. The summed E-state index contributed by atoms with van der Waals surface area (Å²) in [6.45, 7) is 7.10. The molecule has 0 saturated carbocycles. The average Bonchev–Trinajstić information content (AvgIpc) is 3.09. The lowest BCUT2D eigenvalue weighted by Crippen LogP contribution is -2.49. The van der Waals surface area contributed by atoms with Crippen molar-refractivity contribution in [3.63, 3.8) is 0 Å². The molecule has 0 aliphatic carbocycles. The highest BCUT2D eigenvalue weighted by Gasteiger charge is 2.24. The number of aromatic nitrogens is 2. The van der Waals surface area contributed by atoms with E-state index in [9.17, 15) is 9.59 Å². The minimum Gasteiger partial charge on any atom is -0.497 e. The van der Waals surface area contributed by atoms with Crippen LogP contribution in [0.1, 0.15) is 36.5 Å². The van der Waals surface area contributed by atoms with E-state index in [-0.39, 0.29) is 17.7 Å². The maximum atomic E-state index is 12.7. The number of nitrogens with one attached hydrogen (secondary N) is 2. The second-order valence-corrected chi connectivity index (χ2v) is 7.87. The topological polar surface area (TPSA) is 85.2 Å². The van der Waals surface area contributed by atoms with Gasteiger partial charge in [0, 0.05) is 18.7 Å². The molecule has 0 bridgehead atoms. The van der Waals surface area contributed by atoms with Crippen molar-refractivity contribution in [3.8, 4) is 5.75 Å². The van der Waals surface area contributed by atoms with E-state index in [1.165, 1.54) is 0 Å². The number of methoxy groups -OCH3 is 1. The molecule has 1 heterocycles. The molecule has 1 unspecified atom stereocenters. The van der Waals surface area contributed by atoms with Gasteiger partial charge in [-0.15, -0.1) is 0 Å². The summed E-state index contributed by atoms with van der Waals surface area (Å²) in [7, 11) is 1.57. The average molecular weight is 423 g/mol. The maximum absolute atomic E-state index is 12.7. The number of amides is 2. The Bertz CT molecular complexity index is 1040. The molecule has 31 heavy (non-hydrogen) atoms. The summed E-state index contributed by atoms with van der Waals surface area (Å²) >= 11 is 0. The summed E-state index contributed by atoms with van der Waals surface area (Å²) in [5.74, 6) is 1.14. The van der Waals surface area contributed by atoms with Crippen LogP contribution in [0.5, 0.6) is 5.75 Å². The Morgan fingerprint density at radius 2 is 1.81 bits per heavy atom. The molecule has 2 amide bonds. The van der Waals surface area contributed by atoms with Gasteiger partial charge in [0.15, 0.2) is 0 Å². The third kappa shape index (κ3) is 5.42. The lowest BCUT2D eigenvalue weighted by Gasteiger charge is -2.22. The molecule has 164 valence electrons. The van der Waals surface area contributed by atoms with Crippen LogP contribution in [0, 0.1) is 12.8 Å². The first-order valence-corrected chi connectivity index (χ1v) is 10.5. The Hall–Kier alpha value is -3.35. The molecule has 7 nitrogen and oxygen atoms in total. The van der Waals surface area contributed by atoms with Gasteiger partial charge in [0.25, 0.3) is 5.91 Å². The van der Waals surface area contributed by atoms with Crippen LogP contribution in [-0.2, 0) is 11.3 Å². The van der Waals surface area contributed by atoms with E-state index in [0.717, 1.165) is 29.8 Å². The highest BCUT2D eigenvalue weighted by Crippen LogP contribution is 2.16. The van der Waals surface area contributed by atoms with Gasteiger partial charge in [0.1, 0.15) is 17.6 Å². The Balaban J connectivity index is 1.54. The Kier molecular flexibility index (Phi) is 7.28. The lowest BCUT2D eigenvalue weighted by atomic mass is 10.0. The van der Waals surface area contributed by atoms with E-state index in [0.29, 0.717) is 17.9 Å². The maximum Gasteiger partial charge on any atom is 0.251 e. The molecule has 0 saturated heterocycles. The molecule has 0 fully saturated rings. The zero-order valence-corrected chi connectivity index (χ0v) is 18.5. The van der Waals surface area contributed by atoms with Crippen LogP contribution in [0.4, 0.5) is 0 Å². The number of carbonyl (C=O) groups is 2. The third-order valence-corrected chi connectivity index (χ3v) is 5.29. The van der Waals surface area contributed by atoms with Gasteiger partial charge in [-0.2, -0.15) is 0 Å². The number of ether oxygens (including phenoxy) is 1. The Morgan fingerprint density at radius 3 is 2.48 bits per heavy atom. The fraction of sp³-hybridized carbons (Fsp3) is 0.375. The zero-order valence-electron chi connectivity index (χ0n) is 18.5. The van der Waals surface area contributed by atoms with E-state index in [2.05, 4.69) is 26.3 Å². The molecule has 0 aliphatic heterocycles. The predicted octanol–water partition coefficient (Wildman–Crippen LogP) is 3.31. The minimum atomic E-state index is -0.606. The molecule has 0 radical (unpaired) electrons. The molecule has 3 rings (SSSR count). The fourth-order valence-electron chi connectivity index (χ4n) is 3.54. The van der Waals surface area contributed by atoms with Crippen molar-refractivity contribution in [2.24, 2.45) is 5.92 Å². The summed E-state index contributed by atoms with van der Waals surface area (Å²) in [5, 5.41) is 5.81. The second kappa shape index (κ2) is 10.1. The number of nitrogens with zero attached hydrogens (tertiary/aromatic N) is 2. The van der Waals surface area contributed by atoms with Crippen LogP contribution in [0.2, 0.25) is 0 Å². The van der Waals surface area contributed by atoms with Crippen LogP contribution < -0.4 is 15.4 Å². The number of para-hydroxylation sites is 2. The molecule has 2 N–H and O–H groups in total. The molecule has 7 heteroatoms. The van der Waals surface area contributed by atoms with Gasteiger partial charge >= 0.3 is 0 Å². The van der Waals surface area contributed by atoms with Crippen molar-refractivity contribution in [2.45, 2.75) is 39.8 Å². The van der Waals surface area contributed by atoms with Gasteiger partial charge < -0.3 is 19.9 Å². The van der Waals surface area contributed by atoms with Gasteiger partial charge in [-0.05, 0) is 55.7 Å². The van der Waals surface area contributed by atoms with Crippen LogP contribution in [0.25, 0.3) is 11.0 Å². The van der Waals surface area contributed by atoms with Crippen molar-refractivity contribution in [1.82, 2.24) is 20.2 Å². The molecule has 1 atom stereocenters. The lowest BCUT2D eigenvalue weighted by molar-refractivity contribution is -0.123. The number of aryl methyl sites for hydroxylation is 2. The molecule has 1 aromatic heterocycles. The van der Waals surface area contributed by atoms with Crippen LogP contribution in [0.15, 0.2) is 48.5 Å². The standard InChI is InChI=1S/C24H30N4O3/c1-16(2)22(27-23(29)18-10-12-19(31-4)13-11-18)24(30)25-14-7-15-28-17(3)26-20-8-5-6-9-21(20)28/h5-6,8-13,16,22H,7,14-15H2,1-4H3,(H,25,30)(H,27,29). The minimum absolute atomic E-state index is 0.0398. The molecule has 0 aliphatic rings. The summed E-state index contributed by atoms with van der Waals surface area (Å²) in [4.78, 5) is 29.9. The van der Waals surface area contributed by atoms with E-state index in [4.69, 9.17) is 4.74 Å². The largest absolute Gasteiger partial charge is 0.497 e. The molecule has 3 aromatic rings. The number of rotatable bonds is 9. The van der Waals surface area contributed by atoms with Gasteiger partial charge in [-0.1, -0.05) is 26.0 Å². The first kappa shape index (κ1) is 22.3. The third-order valence-electron chi connectivity index (χ3n) is 5.29. The van der Waals surface area contributed by atoms with Crippen molar-refractivity contribution in [3.05, 3.63) is 59.9 Å². The van der Waals surface area contributed by atoms with Gasteiger partial charge in [0.2, 0.25) is 5.91 Å². The number of hydrogen-bond donors (Lipinski definition) is 2. The van der Waals surface area contributed by atoms with Crippen LogP contribution >= 0.6 is 0 Å². The SMILES string of the molecule is COc1ccc(C(=O)NC(C(=O)NCCCn2c(C)nc3ccccc32)C(C)C)cc1. The summed E-state index contributed by atoms with van der Waals surface area (Å²) in [6, 6.07) is 14.2. The Morgan fingerprint density at radius 1 is 1.10 bits per heavy atom. The van der Waals surface area contributed by atoms with E-state index >= 15 is 0 Å². The van der Waals surface area contributed by atoms with Gasteiger partial charge in [0.05, 0.1) is 18.1 Å². The van der Waals surface area contributed by atoms with Crippen LogP contribution in [-0.4, -0.2) is 41.1 Å². The summed E-state index contributed by atoms with van der Waals surface area (Å²) in [5.41, 5.74) is 2.56. The zero-order chi connectivity index (χ0) is 22.4. The van der Waals surface area contributed by atoms with Gasteiger partial charge in [-0.25, -0.2) is 4.98 Å². The number of imidazole rings is 1. The number of benzene rings is 2. The molecule has 0 spiro atoms. The monoisotopic (exact) mass is 422 g/mol. The first-order valence-electron chi connectivity index (χ1n) is 10.5. The van der Waals surface area contributed by atoms with Crippen molar-refractivity contribution >= 4 is 22.8 Å². The summed E-state index contributed by atoms with van der Waals surface area (Å²) in [6.07, 6.45) is 0.768. The number of fused-ring (bicyclic) bond motifs is 1. The first-order chi connectivity index (χ1) is 14.9. The highest BCUT2D eigenvalue weighted by atomic mass is 16.5. The van der Waals surface area contributed by atoms with E-state index in [1.54, 1.807) is 31.4 Å². The summed E-state index contributed by atoms with van der Waals surface area (Å²) < 4.78 is 7.28. The van der Waals surface area contributed by atoms with Crippen molar-refractivity contribution in [2.75, 3.05) is 13.7 Å². The van der Waals surface area contributed by atoms with Crippen molar-refractivity contribution in [1.29, 1.82) is 0 Å². The quantitative estimate of drug-likeness (QED) is 0.518. The highest BCUT2D eigenvalue weighted by molar-refractivity contribution is 5.97.